The van der Waals surface area contributed by atoms with Crippen molar-refractivity contribution in [1.29, 1.82) is 0 Å². The first kappa shape index (κ1) is 12.3. The van der Waals surface area contributed by atoms with E-state index in [4.69, 9.17) is 0 Å². The van der Waals surface area contributed by atoms with Crippen LogP contribution < -0.4 is 4.72 Å². The molecular weight excluding hydrogens is 244 g/mol. The Morgan fingerprint density at radius 3 is 2.33 bits per heavy atom. The third-order valence-electron chi connectivity index (χ3n) is 1.16. The fraction of sp³-hybridized carbons (Fsp3) is 1.00. The van der Waals surface area contributed by atoms with E-state index >= 15 is 0 Å². The lowest BCUT2D eigenvalue weighted by Crippen LogP contribution is -2.39. The van der Waals surface area contributed by atoms with Crippen molar-refractivity contribution in [2.45, 2.75) is 13.0 Å². The van der Waals surface area contributed by atoms with Gasteiger partial charge in [0.1, 0.15) is 4.66 Å². The van der Waals surface area contributed by atoms with Gasteiger partial charge in [-0.15, -0.1) is 0 Å². The second-order valence-electron chi connectivity index (χ2n) is 3.00. The van der Waals surface area contributed by atoms with E-state index in [1.165, 1.54) is 0 Å². The van der Waals surface area contributed by atoms with Crippen molar-refractivity contribution in [3.8, 4) is 0 Å². The minimum atomic E-state index is -3.12. The Bertz CT molecular complexity index is 216. The molecule has 6 heteroatoms. The predicted octanol–water partition coefficient (Wildman–Crippen LogP) is 0.208. The average molecular weight is 259 g/mol. The third kappa shape index (κ3) is 5.93. The molecule has 0 aliphatic rings. The number of likely N-dealkylation sites (N-methyl/N-ethyl adjacent to an activating group) is 1. The van der Waals surface area contributed by atoms with Gasteiger partial charge in [-0.1, -0.05) is 15.9 Å². The molecule has 1 unspecified atom stereocenters. The number of nitrogens with zero attached hydrogens (tertiary/aromatic N) is 1. The van der Waals surface area contributed by atoms with Crippen molar-refractivity contribution in [2.75, 3.05) is 25.3 Å². The van der Waals surface area contributed by atoms with Crippen molar-refractivity contribution in [1.82, 2.24) is 9.62 Å². The molecular formula is C6H15BrN2O2S. The lowest BCUT2D eigenvalue weighted by Gasteiger charge is -2.17. The van der Waals surface area contributed by atoms with Crippen molar-refractivity contribution >= 4 is 26.0 Å². The molecule has 0 aromatic heterocycles. The van der Waals surface area contributed by atoms with E-state index in [9.17, 15) is 8.42 Å². The van der Waals surface area contributed by atoms with E-state index < -0.39 is 10.0 Å². The molecule has 0 bridgehead atoms. The first-order valence-electron chi connectivity index (χ1n) is 3.58. The lowest BCUT2D eigenvalue weighted by molar-refractivity contribution is 0.370. The summed E-state index contributed by atoms with van der Waals surface area (Å²) in [5.41, 5.74) is 0. The van der Waals surface area contributed by atoms with Crippen LogP contribution in [0.4, 0.5) is 0 Å². The maximum absolute atomic E-state index is 11.0. The number of sulfonamides is 1. The number of nitrogens with one attached hydrogen (secondary N) is 1. The first-order chi connectivity index (χ1) is 5.37. The molecule has 0 saturated heterocycles. The van der Waals surface area contributed by atoms with Crippen LogP contribution in [0.15, 0.2) is 0 Å². The number of hydrogen-bond donors (Lipinski definition) is 1. The summed E-state index contributed by atoms with van der Waals surface area (Å²) >= 11 is 2.90. The average Bonchev–Trinajstić information content (AvgIpc) is 1.84. The molecule has 74 valence electrons. The van der Waals surface area contributed by atoms with Gasteiger partial charge in [0.25, 0.3) is 0 Å². The fourth-order valence-corrected chi connectivity index (χ4v) is 2.07. The summed E-state index contributed by atoms with van der Waals surface area (Å²) in [6.45, 7) is 2.53. The number of alkyl halides is 1. The zero-order chi connectivity index (χ0) is 9.78. The zero-order valence-electron chi connectivity index (χ0n) is 7.54. The maximum Gasteiger partial charge on any atom is 0.221 e. The molecule has 0 saturated carbocycles. The van der Waals surface area contributed by atoms with Crippen LogP contribution >= 0.6 is 15.9 Å². The van der Waals surface area contributed by atoms with Crippen molar-refractivity contribution in [2.24, 2.45) is 0 Å². The van der Waals surface area contributed by atoms with Gasteiger partial charge in [-0.3, -0.25) is 0 Å². The molecule has 0 aliphatic heterocycles. The van der Waals surface area contributed by atoms with E-state index in [0.717, 1.165) is 0 Å². The van der Waals surface area contributed by atoms with Crippen LogP contribution in [0, 0.1) is 0 Å². The summed E-state index contributed by atoms with van der Waals surface area (Å²) in [5.74, 6) is 0. The first-order valence-corrected chi connectivity index (χ1v) is 6.35. The third-order valence-corrected chi connectivity index (χ3v) is 4.02. The molecule has 0 aromatic carbocycles. The van der Waals surface area contributed by atoms with E-state index in [1.54, 1.807) is 0 Å². The van der Waals surface area contributed by atoms with Gasteiger partial charge < -0.3 is 4.90 Å². The second kappa shape index (κ2) is 5.16. The van der Waals surface area contributed by atoms with Gasteiger partial charge in [0, 0.05) is 12.6 Å². The molecule has 4 nitrogen and oxygen atoms in total. The highest BCUT2D eigenvalue weighted by molar-refractivity contribution is 9.10. The molecule has 0 aromatic rings. The van der Waals surface area contributed by atoms with Gasteiger partial charge in [-0.2, -0.15) is 0 Å². The molecule has 0 amide bonds. The molecule has 0 fully saturated rings. The topological polar surface area (TPSA) is 49.4 Å². The number of rotatable bonds is 5. The Kier molecular flexibility index (Phi) is 5.31. The quantitative estimate of drug-likeness (QED) is 0.718. The van der Waals surface area contributed by atoms with Gasteiger partial charge in [-0.25, -0.2) is 13.1 Å². The van der Waals surface area contributed by atoms with E-state index in [2.05, 4.69) is 20.7 Å². The summed E-state index contributed by atoms with van der Waals surface area (Å²) in [5, 5.41) is 0. The van der Waals surface area contributed by atoms with E-state index in [1.807, 2.05) is 25.9 Å². The highest BCUT2D eigenvalue weighted by Crippen LogP contribution is 1.94. The number of halogens is 1. The van der Waals surface area contributed by atoms with Gasteiger partial charge in [0.05, 0.1) is 0 Å². The van der Waals surface area contributed by atoms with Crippen LogP contribution in [-0.2, 0) is 10.0 Å². The standard InChI is InChI=1S/C6H15BrN2O2S/c1-6(4-9(2)3)8-12(10,11)5-7/h6,8H,4-5H2,1-3H3. The predicted molar refractivity (Wildman–Crippen MR) is 53.9 cm³/mol. The molecule has 1 N–H and O–H groups in total. The van der Waals surface area contributed by atoms with Crippen molar-refractivity contribution < 1.29 is 8.42 Å². The van der Waals surface area contributed by atoms with Gasteiger partial charge >= 0.3 is 0 Å². The molecule has 0 heterocycles. The summed E-state index contributed by atoms with van der Waals surface area (Å²) in [7, 11) is 0.679. The minimum absolute atomic E-state index is 0.0439. The van der Waals surface area contributed by atoms with Crippen LogP contribution in [0.1, 0.15) is 6.92 Å². The monoisotopic (exact) mass is 258 g/mol. The summed E-state index contributed by atoms with van der Waals surface area (Å²) in [6.07, 6.45) is 0. The SMILES string of the molecule is CC(CN(C)C)NS(=O)(=O)CBr. The molecule has 1 atom stereocenters. The summed E-state index contributed by atoms with van der Waals surface area (Å²) < 4.78 is 24.5. The Balaban J connectivity index is 3.93. The smallest absolute Gasteiger partial charge is 0.221 e. The summed E-state index contributed by atoms with van der Waals surface area (Å²) in [4.78, 5) is 1.93. The van der Waals surface area contributed by atoms with Crippen LogP contribution in [0.25, 0.3) is 0 Å². The van der Waals surface area contributed by atoms with Crippen LogP contribution in [0.3, 0.4) is 0 Å². The van der Waals surface area contributed by atoms with Crippen molar-refractivity contribution in [3.63, 3.8) is 0 Å². The zero-order valence-corrected chi connectivity index (χ0v) is 9.94. The Morgan fingerprint density at radius 2 is 2.00 bits per heavy atom. The number of hydrogen-bond acceptors (Lipinski definition) is 3. The van der Waals surface area contributed by atoms with Crippen LogP contribution in [-0.4, -0.2) is 44.7 Å². The Morgan fingerprint density at radius 1 is 1.50 bits per heavy atom. The van der Waals surface area contributed by atoms with Gasteiger partial charge in [0.15, 0.2) is 0 Å². The molecule has 12 heavy (non-hydrogen) atoms. The van der Waals surface area contributed by atoms with Gasteiger partial charge in [0.2, 0.25) is 10.0 Å². The normalized spacial score (nSPS) is 15.1. The highest BCUT2D eigenvalue weighted by Gasteiger charge is 2.12. The largest absolute Gasteiger partial charge is 0.308 e. The fourth-order valence-electron chi connectivity index (χ4n) is 0.923. The van der Waals surface area contributed by atoms with Gasteiger partial charge in [-0.05, 0) is 21.0 Å². The molecule has 0 aliphatic carbocycles. The van der Waals surface area contributed by atoms with Crippen molar-refractivity contribution in [3.05, 3.63) is 0 Å². The Hall–Kier alpha value is 0.350. The minimum Gasteiger partial charge on any atom is -0.308 e. The second-order valence-corrected chi connectivity index (χ2v) is 6.06. The Labute approximate surface area is 82.5 Å². The van der Waals surface area contributed by atoms with Crippen LogP contribution in [0.5, 0.6) is 0 Å². The maximum atomic E-state index is 11.0. The highest BCUT2D eigenvalue weighted by atomic mass is 79.9. The molecule has 0 radical (unpaired) electrons. The summed E-state index contributed by atoms with van der Waals surface area (Å²) in [6, 6.07) is -0.0532. The van der Waals surface area contributed by atoms with E-state index in [-0.39, 0.29) is 10.7 Å². The molecule has 0 rings (SSSR count). The molecule has 0 spiro atoms. The lowest BCUT2D eigenvalue weighted by atomic mass is 10.3. The van der Waals surface area contributed by atoms with E-state index in [0.29, 0.717) is 6.54 Å². The van der Waals surface area contributed by atoms with Crippen LogP contribution in [0.2, 0.25) is 0 Å².